The number of nitrogen functional groups attached to an aromatic ring is 1. The van der Waals surface area contributed by atoms with Gasteiger partial charge in [0.15, 0.2) is 5.13 Å². The van der Waals surface area contributed by atoms with Gasteiger partial charge in [0.1, 0.15) is 0 Å². The van der Waals surface area contributed by atoms with E-state index in [-0.39, 0.29) is 0 Å². The molecule has 0 amide bonds. The molecule has 5 nitrogen and oxygen atoms in total. The summed E-state index contributed by atoms with van der Waals surface area (Å²) in [6.45, 7) is 0. The first kappa shape index (κ1) is 13.9. The Bertz CT molecular complexity index is 985. The van der Waals surface area contributed by atoms with Crippen LogP contribution in [0.2, 0.25) is 0 Å². The predicted molar refractivity (Wildman–Crippen MR) is 93.3 cm³/mol. The van der Waals surface area contributed by atoms with Gasteiger partial charge in [-0.15, -0.1) is 0 Å². The molecule has 0 aliphatic heterocycles. The van der Waals surface area contributed by atoms with Crippen LogP contribution in [-0.4, -0.2) is 19.7 Å². The van der Waals surface area contributed by atoms with Crippen molar-refractivity contribution >= 4 is 26.7 Å². The van der Waals surface area contributed by atoms with E-state index in [4.69, 9.17) is 5.73 Å². The molecule has 4 aromatic rings. The molecular formula is C17H15N5S. The molecule has 0 unspecified atom stereocenters. The third kappa shape index (κ3) is 2.80. The van der Waals surface area contributed by atoms with Crippen molar-refractivity contribution < 1.29 is 0 Å². The van der Waals surface area contributed by atoms with E-state index in [2.05, 4.69) is 33.3 Å². The minimum absolute atomic E-state index is 0.611. The van der Waals surface area contributed by atoms with E-state index in [0.717, 1.165) is 27.9 Å². The van der Waals surface area contributed by atoms with Gasteiger partial charge in [0, 0.05) is 25.0 Å². The predicted octanol–water partition coefficient (Wildman–Crippen LogP) is 3.26. The maximum atomic E-state index is 5.77. The molecule has 0 radical (unpaired) electrons. The highest BCUT2D eigenvalue weighted by atomic mass is 32.1. The van der Waals surface area contributed by atoms with Crippen LogP contribution in [0, 0.1) is 0 Å². The Labute approximate surface area is 137 Å². The molecular weight excluding hydrogens is 306 g/mol. The molecule has 0 saturated heterocycles. The minimum atomic E-state index is 0.611. The van der Waals surface area contributed by atoms with Crippen molar-refractivity contribution in [3.8, 4) is 11.3 Å². The largest absolute Gasteiger partial charge is 0.375 e. The maximum Gasteiger partial charge on any atom is 0.181 e. The summed E-state index contributed by atoms with van der Waals surface area (Å²) in [6, 6.07) is 10.5. The number of benzene rings is 1. The summed E-state index contributed by atoms with van der Waals surface area (Å²) in [5, 5.41) is 4.81. The third-order valence-corrected chi connectivity index (χ3v) is 4.55. The van der Waals surface area contributed by atoms with Crippen molar-refractivity contribution in [2.75, 3.05) is 5.73 Å². The smallest absolute Gasteiger partial charge is 0.181 e. The Morgan fingerprint density at radius 1 is 1.17 bits per heavy atom. The Morgan fingerprint density at radius 2 is 2.04 bits per heavy atom. The SMILES string of the molecule is Cn1cc(-c2cc(Cc3ccc4nc(N)sc4c3)ccn2)cn1. The van der Waals surface area contributed by atoms with Crippen molar-refractivity contribution in [3.05, 3.63) is 60.0 Å². The van der Waals surface area contributed by atoms with Gasteiger partial charge >= 0.3 is 0 Å². The molecule has 3 heterocycles. The highest BCUT2D eigenvalue weighted by Gasteiger charge is 2.06. The normalized spacial score (nSPS) is 11.2. The Kier molecular flexibility index (Phi) is 3.31. The van der Waals surface area contributed by atoms with Crippen LogP contribution < -0.4 is 5.73 Å². The molecule has 0 fully saturated rings. The first-order chi connectivity index (χ1) is 11.2. The van der Waals surface area contributed by atoms with Gasteiger partial charge in [-0.1, -0.05) is 17.4 Å². The Balaban J connectivity index is 1.64. The summed E-state index contributed by atoms with van der Waals surface area (Å²) in [5.74, 6) is 0. The van der Waals surface area contributed by atoms with E-state index in [1.807, 2.05) is 37.8 Å². The average molecular weight is 321 g/mol. The van der Waals surface area contributed by atoms with Crippen LogP contribution >= 0.6 is 11.3 Å². The molecule has 114 valence electrons. The third-order valence-electron chi connectivity index (χ3n) is 3.70. The number of pyridine rings is 1. The van der Waals surface area contributed by atoms with Gasteiger partial charge in [0.2, 0.25) is 0 Å². The topological polar surface area (TPSA) is 69.6 Å². The van der Waals surface area contributed by atoms with Crippen LogP contribution in [0.5, 0.6) is 0 Å². The second-order valence-electron chi connectivity index (χ2n) is 5.48. The van der Waals surface area contributed by atoms with Gasteiger partial charge in [-0.25, -0.2) is 4.98 Å². The Hall–Kier alpha value is -2.73. The second-order valence-corrected chi connectivity index (χ2v) is 6.55. The lowest BCUT2D eigenvalue weighted by atomic mass is 10.0. The van der Waals surface area contributed by atoms with Crippen molar-refractivity contribution in [1.82, 2.24) is 19.7 Å². The standard InChI is InChI=1S/C17H15N5S/c1-22-10-13(9-20-22)15-7-12(4-5-19-15)6-11-2-3-14-16(8-11)23-17(18)21-14/h2-5,7-10H,6H2,1H3,(H2,18,21). The zero-order valence-electron chi connectivity index (χ0n) is 12.6. The van der Waals surface area contributed by atoms with Crippen LogP contribution in [-0.2, 0) is 13.5 Å². The number of hydrogen-bond donors (Lipinski definition) is 1. The van der Waals surface area contributed by atoms with Crippen molar-refractivity contribution in [1.29, 1.82) is 0 Å². The number of anilines is 1. The zero-order chi connectivity index (χ0) is 15.8. The van der Waals surface area contributed by atoms with E-state index in [1.54, 1.807) is 4.68 Å². The van der Waals surface area contributed by atoms with Crippen LogP contribution in [0.4, 0.5) is 5.13 Å². The highest BCUT2D eigenvalue weighted by molar-refractivity contribution is 7.22. The first-order valence-corrected chi connectivity index (χ1v) is 8.08. The first-order valence-electron chi connectivity index (χ1n) is 7.26. The second kappa shape index (κ2) is 5.48. The number of nitrogens with zero attached hydrogens (tertiary/aromatic N) is 4. The molecule has 0 spiro atoms. The molecule has 2 N–H and O–H groups in total. The number of aromatic nitrogens is 4. The molecule has 23 heavy (non-hydrogen) atoms. The fourth-order valence-electron chi connectivity index (χ4n) is 2.63. The fourth-order valence-corrected chi connectivity index (χ4v) is 3.43. The minimum Gasteiger partial charge on any atom is -0.375 e. The van der Waals surface area contributed by atoms with E-state index >= 15 is 0 Å². The van der Waals surface area contributed by atoms with Gasteiger partial charge < -0.3 is 5.73 Å². The van der Waals surface area contributed by atoms with Crippen molar-refractivity contribution in [2.45, 2.75) is 6.42 Å². The van der Waals surface area contributed by atoms with Crippen LogP contribution in [0.25, 0.3) is 21.5 Å². The zero-order valence-corrected chi connectivity index (χ0v) is 13.4. The maximum absolute atomic E-state index is 5.77. The molecule has 0 bridgehead atoms. The summed E-state index contributed by atoms with van der Waals surface area (Å²) in [4.78, 5) is 8.73. The van der Waals surface area contributed by atoms with Crippen molar-refractivity contribution in [2.24, 2.45) is 7.05 Å². The van der Waals surface area contributed by atoms with Crippen molar-refractivity contribution in [3.63, 3.8) is 0 Å². The number of nitrogens with two attached hydrogens (primary N) is 1. The molecule has 0 aliphatic rings. The molecule has 6 heteroatoms. The quantitative estimate of drug-likeness (QED) is 0.629. The summed E-state index contributed by atoms with van der Waals surface area (Å²) >= 11 is 1.52. The Morgan fingerprint density at radius 3 is 2.87 bits per heavy atom. The van der Waals surface area contributed by atoms with Crippen LogP contribution in [0.1, 0.15) is 11.1 Å². The molecule has 0 atom stereocenters. The van der Waals surface area contributed by atoms with Crippen LogP contribution in [0.15, 0.2) is 48.9 Å². The summed E-state index contributed by atoms with van der Waals surface area (Å²) < 4.78 is 2.91. The van der Waals surface area contributed by atoms with Crippen LogP contribution in [0.3, 0.4) is 0 Å². The number of aryl methyl sites for hydroxylation is 1. The van der Waals surface area contributed by atoms with E-state index in [9.17, 15) is 0 Å². The monoisotopic (exact) mass is 321 g/mol. The lowest BCUT2D eigenvalue weighted by molar-refractivity contribution is 0.768. The molecule has 3 aromatic heterocycles. The number of rotatable bonds is 3. The molecule has 0 saturated carbocycles. The molecule has 4 rings (SSSR count). The molecule has 0 aliphatic carbocycles. The van der Waals surface area contributed by atoms with E-state index < -0.39 is 0 Å². The van der Waals surface area contributed by atoms with E-state index in [0.29, 0.717) is 5.13 Å². The lowest BCUT2D eigenvalue weighted by Gasteiger charge is -2.04. The fraction of sp³-hybridized carbons (Fsp3) is 0.118. The van der Waals surface area contributed by atoms with Gasteiger partial charge in [-0.2, -0.15) is 5.10 Å². The summed E-state index contributed by atoms with van der Waals surface area (Å²) in [6.07, 6.45) is 6.50. The van der Waals surface area contributed by atoms with E-state index in [1.165, 1.54) is 22.5 Å². The molecule has 1 aromatic carbocycles. The highest BCUT2D eigenvalue weighted by Crippen LogP contribution is 2.26. The average Bonchev–Trinajstić information content (AvgIpc) is 3.12. The van der Waals surface area contributed by atoms with Gasteiger partial charge in [0.25, 0.3) is 0 Å². The number of fused-ring (bicyclic) bond motifs is 1. The van der Waals surface area contributed by atoms with Gasteiger partial charge in [-0.05, 0) is 41.8 Å². The number of hydrogen-bond acceptors (Lipinski definition) is 5. The number of thiazole rings is 1. The van der Waals surface area contributed by atoms with Gasteiger partial charge in [-0.3, -0.25) is 9.67 Å². The summed E-state index contributed by atoms with van der Waals surface area (Å²) in [7, 11) is 1.91. The van der Waals surface area contributed by atoms with Gasteiger partial charge in [0.05, 0.1) is 22.1 Å². The lowest BCUT2D eigenvalue weighted by Crippen LogP contribution is -1.91. The summed E-state index contributed by atoms with van der Waals surface area (Å²) in [5.41, 5.74) is 11.2.